The SMILES string of the molecule is CCCn1c(=O)c2ccccc2n2c(SCC(=O)c3ccc4c(c3)OCCO4)nnc12. The summed E-state index contributed by atoms with van der Waals surface area (Å²) in [6.07, 6.45) is 0.797. The number of para-hydroxylation sites is 1. The minimum atomic E-state index is -0.0822. The number of thioether (sulfide) groups is 1. The number of Topliss-reactive ketones (excluding diaryl/α,β-unsaturated/α-hetero) is 1. The van der Waals surface area contributed by atoms with Gasteiger partial charge >= 0.3 is 0 Å². The van der Waals surface area contributed by atoms with Gasteiger partial charge in [-0.25, -0.2) is 0 Å². The fourth-order valence-electron chi connectivity index (χ4n) is 3.68. The van der Waals surface area contributed by atoms with Crippen LogP contribution in [0.3, 0.4) is 0 Å². The van der Waals surface area contributed by atoms with Crippen LogP contribution in [0.15, 0.2) is 52.4 Å². The molecule has 158 valence electrons. The Hall–Kier alpha value is -3.33. The molecule has 0 radical (unpaired) electrons. The van der Waals surface area contributed by atoms with Gasteiger partial charge in [-0.1, -0.05) is 30.8 Å². The topological polar surface area (TPSA) is 87.7 Å². The number of hydrogen-bond donors (Lipinski definition) is 0. The van der Waals surface area contributed by atoms with Crippen LogP contribution in [0.2, 0.25) is 0 Å². The second-order valence-electron chi connectivity index (χ2n) is 7.16. The van der Waals surface area contributed by atoms with Crippen molar-refractivity contribution in [2.45, 2.75) is 25.0 Å². The van der Waals surface area contributed by atoms with E-state index >= 15 is 0 Å². The summed E-state index contributed by atoms with van der Waals surface area (Å²) in [4.78, 5) is 25.7. The molecule has 0 N–H and O–H groups in total. The molecule has 2 aromatic carbocycles. The van der Waals surface area contributed by atoms with E-state index in [2.05, 4.69) is 10.2 Å². The van der Waals surface area contributed by atoms with E-state index in [0.29, 0.717) is 53.1 Å². The quantitative estimate of drug-likeness (QED) is 0.339. The first-order chi connectivity index (χ1) is 15.2. The van der Waals surface area contributed by atoms with E-state index in [1.807, 2.05) is 29.5 Å². The molecule has 4 aromatic rings. The highest BCUT2D eigenvalue weighted by molar-refractivity contribution is 7.99. The monoisotopic (exact) mass is 436 g/mol. The van der Waals surface area contributed by atoms with Crippen LogP contribution in [0.4, 0.5) is 0 Å². The zero-order valence-corrected chi connectivity index (χ0v) is 17.7. The van der Waals surface area contributed by atoms with Crippen molar-refractivity contribution in [3.63, 3.8) is 0 Å². The second kappa shape index (κ2) is 8.07. The van der Waals surface area contributed by atoms with Gasteiger partial charge in [-0.15, -0.1) is 10.2 Å². The molecule has 0 saturated heterocycles. The smallest absolute Gasteiger partial charge is 0.262 e. The highest BCUT2D eigenvalue weighted by atomic mass is 32.2. The van der Waals surface area contributed by atoms with E-state index in [1.165, 1.54) is 11.8 Å². The molecule has 3 heterocycles. The number of carbonyl (C=O) groups is 1. The molecule has 0 saturated carbocycles. The average Bonchev–Trinajstić information content (AvgIpc) is 3.24. The van der Waals surface area contributed by atoms with Gasteiger partial charge in [-0.3, -0.25) is 18.6 Å². The van der Waals surface area contributed by atoms with Crippen molar-refractivity contribution in [2.75, 3.05) is 19.0 Å². The minimum absolute atomic E-state index is 0.0510. The zero-order valence-electron chi connectivity index (χ0n) is 16.9. The molecule has 1 aliphatic rings. The molecule has 2 aromatic heterocycles. The summed E-state index contributed by atoms with van der Waals surface area (Å²) in [5.41, 5.74) is 1.20. The van der Waals surface area contributed by atoms with Gasteiger partial charge < -0.3 is 9.47 Å². The Morgan fingerprint density at radius 2 is 1.90 bits per heavy atom. The van der Waals surface area contributed by atoms with E-state index in [0.717, 1.165) is 11.9 Å². The molecule has 0 fully saturated rings. The summed E-state index contributed by atoms with van der Waals surface area (Å²) in [5.74, 6) is 1.86. The third-order valence-electron chi connectivity index (χ3n) is 5.12. The van der Waals surface area contributed by atoms with Crippen molar-refractivity contribution in [2.24, 2.45) is 0 Å². The molecule has 0 unspecified atom stereocenters. The molecule has 0 bridgehead atoms. The van der Waals surface area contributed by atoms with Crippen LogP contribution in [-0.2, 0) is 6.54 Å². The largest absolute Gasteiger partial charge is 0.486 e. The van der Waals surface area contributed by atoms with E-state index < -0.39 is 0 Å². The standard InChI is InChI=1S/C22H20N4O4S/c1-2-9-25-20(28)15-5-3-4-6-16(15)26-21(25)23-24-22(26)31-13-17(27)14-7-8-18-19(12-14)30-11-10-29-18/h3-8,12H,2,9-11,13H2,1H3. The van der Waals surface area contributed by atoms with Gasteiger partial charge in [0.15, 0.2) is 22.4 Å². The number of carbonyl (C=O) groups excluding carboxylic acids is 1. The number of ketones is 1. The Kier molecular flexibility index (Phi) is 5.11. The van der Waals surface area contributed by atoms with Crippen LogP contribution in [0.25, 0.3) is 16.7 Å². The molecule has 0 spiro atoms. The Morgan fingerprint density at radius 1 is 1.10 bits per heavy atom. The fraction of sp³-hybridized carbons (Fsp3) is 0.273. The lowest BCUT2D eigenvalue weighted by molar-refractivity contribution is 0.102. The Morgan fingerprint density at radius 3 is 2.74 bits per heavy atom. The number of nitrogens with zero attached hydrogens (tertiary/aromatic N) is 4. The molecule has 5 rings (SSSR count). The molecule has 1 aliphatic heterocycles. The first-order valence-corrected chi connectivity index (χ1v) is 11.1. The van der Waals surface area contributed by atoms with Crippen molar-refractivity contribution < 1.29 is 14.3 Å². The maximum Gasteiger partial charge on any atom is 0.262 e. The number of rotatable bonds is 6. The van der Waals surface area contributed by atoms with Crippen LogP contribution >= 0.6 is 11.8 Å². The summed E-state index contributed by atoms with van der Waals surface area (Å²) in [7, 11) is 0. The van der Waals surface area contributed by atoms with Gasteiger partial charge in [0.1, 0.15) is 13.2 Å². The lowest BCUT2D eigenvalue weighted by atomic mass is 10.1. The molecule has 0 atom stereocenters. The minimum Gasteiger partial charge on any atom is -0.486 e. The van der Waals surface area contributed by atoms with Crippen LogP contribution in [0.5, 0.6) is 11.5 Å². The lowest BCUT2D eigenvalue weighted by Crippen LogP contribution is -2.23. The van der Waals surface area contributed by atoms with Crippen LogP contribution in [0, 0.1) is 0 Å². The summed E-state index contributed by atoms with van der Waals surface area (Å²) >= 11 is 1.30. The zero-order chi connectivity index (χ0) is 21.4. The van der Waals surface area contributed by atoms with Crippen LogP contribution in [0.1, 0.15) is 23.7 Å². The summed E-state index contributed by atoms with van der Waals surface area (Å²) in [6.45, 7) is 3.53. The summed E-state index contributed by atoms with van der Waals surface area (Å²) in [6, 6.07) is 12.6. The molecule has 31 heavy (non-hydrogen) atoms. The number of aromatic nitrogens is 4. The Balaban J connectivity index is 1.48. The first kappa shape index (κ1) is 19.6. The maximum atomic E-state index is 12.9. The average molecular weight is 436 g/mol. The third kappa shape index (κ3) is 3.44. The van der Waals surface area contributed by atoms with Crippen molar-refractivity contribution in [1.29, 1.82) is 0 Å². The van der Waals surface area contributed by atoms with Crippen LogP contribution in [-0.4, -0.2) is 43.9 Å². The van der Waals surface area contributed by atoms with E-state index in [-0.39, 0.29) is 17.1 Å². The van der Waals surface area contributed by atoms with E-state index in [9.17, 15) is 9.59 Å². The highest BCUT2D eigenvalue weighted by Crippen LogP contribution is 2.31. The molecule has 9 heteroatoms. The number of fused-ring (bicyclic) bond motifs is 4. The summed E-state index contributed by atoms with van der Waals surface area (Å²) in [5, 5.41) is 9.72. The number of hydrogen-bond acceptors (Lipinski definition) is 7. The Bertz CT molecular complexity index is 1360. The van der Waals surface area contributed by atoms with Gasteiger partial charge in [0.2, 0.25) is 5.78 Å². The maximum absolute atomic E-state index is 12.9. The normalized spacial score (nSPS) is 13.1. The third-order valence-corrected chi connectivity index (χ3v) is 6.05. The number of ether oxygens (including phenoxy) is 2. The van der Waals surface area contributed by atoms with Crippen molar-refractivity contribution >= 4 is 34.2 Å². The van der Waals surface area contributed by atoms with Crippen molar-refractivity contribution in [3.05, 3.63) is 58.4 Å². The van der Waals surface area contributed by atoms with Crippen molar-refractivity contribution in [3.8, 4) is 11.5 Å². The van der Waals surface area contributed by atoms with Gasteiger partial charge in [0.05, 0.1) is 16.7 Å². The predicted molar refractivity (Wildman–Crippen MR) is 118 cm³/mol. The lowest BCUT2D eigenvalue weighted by Gasteiger charge is -2.18. The highest BCUT2D eigenvalue weighted by Gasteiger charge is 2.19. The number of benzene rings is 2. The second-order valence-corrected chi connectivity index (χ2v) is 8.10. The van der Waals surface area contributed by atoms with Gasteiger partial charge in [0, 0.05) is 12.1 Å². The first-order valence-electron chi connectivity index (χ1n) is 10.1. The number of aryl methyl sites for hydroxylation is 1. The molecular weight excluding hydrogens is 416 g/mol. The molecule has 8 nitrogen and oxygen atoms in total. The fourth-order valence-corrected chi connectivity index (χ4v) is 4.52. The molecule has 0 amide bonds. The predicted octanol–water partition coefficient (Wildman–Crippen LogP) is 3.20. The molecular formula is C22H20N4O4S. The Labute approximate surface area is 181 Å². The van der Waals surface area contributed by atoms with Gasteiger partial charge in [-0.05, 0) is 36.8 Å². The molecule has 0 aliphatic carbocycles. The van der Waals surface area contributed by atoms with E-state index in [1.54, 1.807) is 28.8 Å². The van der Waals surface area contributed by atoms with Crippen LogP contribution < -0.4 is 15.0 Å². The summed E-state index contributed by atoms with van der Waals surface area (Å²) < 4.78 is 14.6. The van der Waals surface area contributed by atoms with Gasteiger partial charge in [0.25, 0.3) is 5.56 Å². The van der Waals surface area contributed by atoms with E-state index in [4.69, 9.17) is 9.47 Å². The van der Waals surface area contributed by atoms with Crippen molar-refractivity contribution in [1.82, 2.24) is 19.2 Å². The van der Waals surface area contributed by atoms with Gasteiger partial charge in [-0.2, -0.15) is 0 Å².